The third-order valence-corrected chi connectivity index (χ3v) is 5.38. The summed E-state index contributed by atoms with van der Waals surface area (Å²) < 4.78 is 7.30. The monoisotopic (exact) mass is 376 g/mol. The van der Waals surface area contributed by atoms with Crippen LogP contribution in [0.15, 0.2) is 18.6 Å². The molecule has 2 aromatic rings. The molecule has 2 fully saturated rings. The van der Waals surface area contributed by atoms with E-state index in [2.05, 4.69) is 20.2 Å². The van der Waals surface area contributed by atoms with Crippen LogP contribution >= 0.6 is 0 Å². The number of anilines is 1. The Morgan fingerprint density at radius 1 is 1.30 bits per heavy atom. The Bertz CT molecular complexity index is 834. The van der Waals surface area contributed by atoms with E-state index in [1.54, 1.807) is 16.8 Å². The van der Waals surface area contributed by atoms with Gasteiger partial charge >= 0.3 is 0 Å². The lowest BCUT2D eigenvalue weighted by molar-refractivity contribution is -0.138. The van der Waals surface area contributed by atoms with Gasteiger partial charge in [0.1, 0.15) is 30.0 Å². The van der Waals surface area contributed by atoms with Gasteiger partial charge in [0.15, 0.2) is 12.3 Å². The first-order valence-electron chi connectivity index (χ1n) is 9.03. The largest absolute Gasteiger partial charge is 0.387 e. The second-order valence-corrected chi connectivity index (χ2v) is 7.23. The quantitative estimate of drug-likeness (QED) is 0.526. The zero-order valence-corrected chi connectivity index (χ0v) is 15.0. The summed E-state index contributed by atoms with van der Waals surface area (Å²) in [6.45, 7) is 1.81. The number of hydrogen-bond donors (Lipinski definition) is 4. The van der Waals surface area contributed by atoms with Crippen LogP contribution in [0.2, 0.25) is 0 Å². The first kappa shape index (κ1) is 18.1. The number of nitrogens with two attached hydrogens (primary N) is 1. The highest BCUT2D eigenvalue weighted by atomic mass is 16.6. The van der Waals surface area contributed by atoms with E-state index < -0.39 is 30.4 Å². The van der Waals surface area contributed by atoms with Gasteiger partial charge in [-0.15, -0.1) is 0 Å². The van der Waals surface area contributed by atoms with Crippen molar-refractivity contribution >= 4 is 22.8 Å². The molecule has 2 aliphatic heterocycles. The lowest BCUT2D eigenvalue weighted by Crippen LogP contribution is -2.49. The van der Waals surface area contributed by atoms with Crippen LogP contribution < -0.4 is 11.1 Å². The number of fused-ring (bicyclic) bond motifs is 1. The van der Waals surface area contributed by atoms with Gasteiger partial charge in [-0.3, -0.25) is 4.79 Å². The third kappa shape index (κ3) is 3.25. The molecule has 2 aromatic heterocycles. The van der Waals surface area contributed by atoms with Crippen molar-refractivity contribution in [1.82, 2.24) is 24.8 Å². The van der Waals surface area contributed by atoms with Crippen LogP contribution in [-0.4, -0.2) is 80.0 Å². The Kier molecular flexibility index (Phi) is 4.72. The first-order chi connectivity index (χ1) is 13.0. The Morgan fingerprint density at radius 2 is 2.04 bits per heavy atom. The smallest absolute Gasteiger partial charge is 0.252 e. The maximum absolute atomic E-state index is 12.6. The van der Waals surface area contributed by atoms with Crippen LogP contribution in [0.3, 0.4) is 0 Å². The number of nitrogens with zero attached hydrogens (tertiary/aromatic N) is 4. The summed E-state index contributed by atoms with van der Waals surface area (Å²) >= 11 is 0. The number of aromatic nitrogens is 3. The van der Waals surface area contributed by atoms with Gasteiger partial charge in [0.05, 0.1) is 5.39 Å². The molecule has 4 heterocycles. The Labute approximate surface area is 155 Å². The summed E-state index contributed by atoms with van der Waals surface area (Å²) in [6, 6.07) is 1.75. The number of nitrogen functional groups attached to an aromatic ring is 1. The van der Waals surface area contributed by atoms with Crippen LogP contribution in [0, 0.1) is 0 Å². The van der Waals surface area contributed by atoms with E-state index in [0.29, 0.717) is 16.9 Å². The van der Waals surface area contributed by atoms with Gasteiger partial charge in [0.2, 0.25) is 0 Å². The highest BCUT2D eigenvalue weighted by Gasteiger charge is 2.48. The van der Waals surface area contributed by atoms with Gasteiger partial charge in [0.25, 0.3) is 5.91 Å². The van der Waals surface area contributed by atoms with Crippen molar-refractivity contribution in [3.8, 4) is 0 Å². The molecular weight excluding hydrogens is 352 g/mol. The van der Waals surface area contributed by atoms with Crippen molar-refractivity contribution in [3.05, 3.63) is 18.6 Å². The van der Waals surface area contributed by atoms with Crippen LogP contribution in [0.25, 0.3) is 11.0 Å². The molecule has 10 heteroatoms. The molecule has 0 saturated carbocycles. The van der Waals surface area contributed by atoms with Crippen LogP contribution in [-0.2, 0) is 9.53 Å². The molecule has 27 heavy (non-hydrogen) atoms. The molecule has 4 atom stereocenters. The van der Waals surface area contributed by atoms with Gasteiger partial charge in [-0.1, -0.05) is 0 Å². The molecule has 0 spiro atoms. The topological polar surface area (TPSA) is 139 Å². The van der Waals surface area contributed by atoms with Crippen molar-refractivity contribution in [3.63, 3.8) is 0 Å². The minimum absolute atomic E-state index is 0.0423. The minimum Gasteiger partial charge on any atom is -0.387 e. The Balaban J connectivity index is 1.50. The molecule has 2 saturated heterocycles. The number of amides is 1. The maximum atomic E-state index is 12.6. The molecule has 1 amide bonds. The number of nitrogens with one attached hydrogen (secondary N) is 1. The number of carbonyl (C=O) groups is 1. The number of hydrogen-bond acceptors (Lipinski definition) is 8. The number of rotatable bonds is 3. The lowest BCUT2D eigenvalue weighted by atomic mass is 10.0. The van der Waals surface area contributed by atoms with Crippen molar-refractivity contribution in [1.29, 1.82) is 0 Å². The number of ether oxygens (including phenoxy) is 1. The SMILES string of the molecule is CN1CCC(NC(=O)[C@H]2O[C@@H](n3ccc4c(N)ncnc43)[C@H](O)[C@@H]2O)CC1. The van der Waals surface area contributed by atoms with Gasteiger partial charge in [-0.05, 0) is 39.0 Å². The van der Waals surface area contributed by atoms with E-state index in [9.17, 15) is 15.0 Å². The maximum Gasteiger partial charge on any atom is 0.252 e. The van der Waals surface area contributed by atoms with Crippen LogP contribution in [0.1, 0.15) is 19.1 Å². The van der Waals surface area contributed by atoms with E-state index >= 15 is 0 Å². The summed E-state index contributed by atoms with van der Waals surface area (Å²) in [4.78, 5) is 22.9. The second-order valence-electron chi connectivity index (χ2n) is 7.23. The molecular formula is C17H24N6O4. The molecule has 0 aliphatic carbocycles. The fraction of sp³-hybridized carbons (Fsp3) is 0.588. The fourth-order valence-corrected chi connectivity index (χ4v) is 3.74. The summed E-state index contributed by atoms with van der Waals surface area (Å²) in [5.74, 6) is -0.104. The highest BCUT2D eigenvalue weighted by molar-refractivity contribution is 5.86. The summed E-state index contributed by atoms with van der Waals surface area (Å²) in [6.07, 6.45) is -0.0568. The molecule has 0 unspecified atom stereocenters. The number of likely N-dealkylation sites (tertiary alicyclic amines) is 1. The van der Waals surface area contributed by atoms with Crippen molar-refractivity contribution in [2.75, 3.05) is 25.9 Å². The van der Waals surface area contributed by atoms with Crippen LogP contribution in [0.5, 0.6) is 0 Å². The summed E-state index contributed by atoms with van der Waals surface area (Å²) in [5, 5.41) is 24.4. The second kappa shape index (κ2) is 7.04. The number of aliphatic hydroxyl groups is 2. The van der Waals surface area contributed by atoms with Crippen LogP contribution in [0.4, 0.5) is 5.82 Å². The number of piperidine rings is 1. The molecule has 0 aromatic carbocycles. The molecule has 146 valence electrons. The Morgan fingerprint density at radius 3 is 2.78 bits per heavy atom. The van der Waals surface area contributed by atoms with E-state index in [1.807, 2.05) is 7.05 Å². The normalized spacial score (nSPS) is 30.0. The summed E-state index contributed by atoms with van der Waals surface area (Å²) in [5.41, 5.74) is 6.30. The number of carbonyl (C=O) groups excluding carboxylic acids is 1. The van der Waals surface area contributed by atoms with E-state index in [0.717, 1.165) is 25.9 Å². The third-order valence-electron chi connectivity index (χ3n) is 5.38. The standard InChI is InChI=1S/C17H24N6O4/c1-22-5-2-9(3-6-22)21-16(26)13-11(24)12(25)17(27-13)23-7-4-10-14(18)19-8-20-15(10)23/h4,7-9,11-13,17,24-25H,2-3,5-6H2,1H3,(H,21,26)(H2,18,19,20)/t11-,12+,13-,17+/m0/s1. The zero-order valence-electron chi connectivity index (χ0n) is 15.0. The zero-order chi connectivity index (χ0) is 19.1. The fourth-order valence-electron chi connectivity index (χ4n) is 3.74. The van der Waals surface area contributed by atoms with E-state index in [-0.39, 0.29) is 6.04 Å². The van der Waals surface area contributed by atoms with E-state index in [4.69, 9.17) is 10.5 Å². The predicted octanol–water partition coefficient (Wildman–Crippen LogP) is -1.16. The van der Waals surface area contributed by atoms with Gasteiger partial charge in [-0.2, -0.15) is 0 Å². The lowest BCUT2D eigenvalue weighted by Gasteiger charge is -2.30. The molecule has 4 rings (SSSR count). The van der Waals surface area contributed by atoms with Gasteiger partial charge in [-0.25, -0.2) is 9.97 Å². The Hall–Kier alpha value is -2.27. The average molecular weight is 376 g/mol. The first-order valence-corrected chi connectivity index (χ1v) is 9.03. The van der Waals surface area contributed by atoms with Gasteiger partial charge in [0, 0.05) is 12.2 Å². The van der Waals surface area contributed by atoms with Crippen molar-refractivity contribution in [2.24, 2.45) is 0 Å². The van der Waals surface area contributed by atoms with Crippen molar-refractivity contribution in [2.45, 2.75) is 43.4 Å². The molecule has 0 radical (unpaired) electrons. The predicted molar refractivity (Wildman–Crippen MR) is 96.5 cm³/mol. The molecule has 10 nitrogen and oxygen atoms in total. The molecule has 2 aliphatic rings. The average Bonchev–Trinajstić information content (AvgIpc) is 3.20. The minimum atomic E-state index is -1.34. The summed E-state index contributed by atoms with van der Waals surface area (Å²) in [7, 11) is 2.04. The molecule has 0 bridgehead atoms. The van der Waals surface area contributed by atoms with Gasteiger partial charge < -0.3 is 35.5 Å². The van der Waals surface area contributed by atoms with Crippen molar-refractivity contribution < 1.29 is 19.7 Å². The highest BCUT2D eigenvalue weighted by Crippen LogP contribution is 2.33. The number of aliphatic hydroxyl groups excluding tert-OH is 2. The molecule has 5 N–H and O–H groups in total. The van der Waals surface area contributed by atoms with E-state index in [1.165, 1.54) is 6.33 Å².